The van der Waals surface area contributed by atoms with Crippen molar-refractivity contribution in [2.24, 2.45) is 5.92 Å². The Hall–Kier alpha value is -0.160. The summed E-state index contributed by atoms with van der Waals surface area (Å²) in [6.45, 7) is 14.0. The predicted octanol–water partition coefficient (Wildman–Crippen LogP) is 2.51. The van der Waals surface area contributed by atoms with Crippen molar-refractivity contribution in [2.45, 2.75) is 72.1 Å². The lowest BCUT2D eigenvalue weighted by Gasteiger charge is -2.21. The molecule has 0 aliphatic rings. The quantitative estimate of drug-likeness (QED) is 0.513. The number of aliphatic hydroxyl groups is 1. The van der Waals surface area contributed by atoms with E-state index in [1.54, 1.807) is 0 Å². The van der Waals surface area contributed by atoms with Crippen LogP contribution in [0.15, 0.2) is 0 Å². The molecule has 0 aromatic heterocycles. The molecule has 0 heterocycles. The van der Waals surface area contributed by atoms with E-state index in [-0.39, 0.29) is 6.10 Å². The van der Waals surface area contributed by atoms with Gasteiger partial charge in [-0.3, -0.25) is 0 Å². The van der Waals surface area contributed by atoms with Crippen molar-refractivity contribution in [3.63, 3.8) is 0 Å². The molecule has 2 atom stereocenters. The molecule has 0 saturated carbocycles. The summed E-state index contributed by atoms with van der Waals surface area (Å²) in [7, 11) is 2.16. The smallest absolute Gasteiger partial charge is 0.0897 e. The van der Waals surface area contributed by atoms with Gasteiger partial charge in [-0.15, -0.1) is 0 Å². The Kier molecular flexibility index (Phi) is 12.3. The molecular formula is C17H38N2O2. The average molecular weight is 303 g/mol. The van der Waals surface area contributed by atoms with E-state index in [9.17, 15) is 5.11 Å². The van der Waals surface area contributed by atoms with Crippen molar-refractivity contribution in [1.29, 1.82) is 0 Å². The highest BCUT2D eigenvalue weighted by Gasteiger charge is 2.09. The van der Waals surface area contributed by atoms with Crippen molar-refractivity contribution in [3.8, 4) is 0 Å². The van der Waals surface area contributed by atoms with Gasteiger partial charge < -0.3 is 20.1 Å². The fraction of sp³-hybridized carbons (Fsp3) is 1.00. The molecule has 2 unspecified atom stereocenters. The molecule has 0 bridgehead atoms. The number of hydrogen-bond donors (Lipinski definition) is 2. The molecule has 0 fully saturated rings. The van der Waals surface area contributed by atoms with Crippen molar-refractivity contribution < 1.29 is 9.84 Å². The highest BCUT2D eigenvalue weighted by atomic mass is 16.5. The highest BCUT2D eigenvalue weighted by Crippen LogP contribution is 2.07. The maximum absolute atomic E-state index is 9.85. The molecule has 0 rings (SSSR count). The van der Waals surface area contributed by atoms with Gasteiger partial charge in [-0.2, -0.15) is 0 Å². The topological polar surface area (TPSA) is 44.7 Å². The Bertz CT molecular complexity index is 235. The summed E-state index contributed by atoms with van der Waals surface area (Å²) >= 11 is 0. The first-order chi connectivity index (χ1) is 9.82. The fourth-order valence-electron chi connectivity index (χ4n) is 2.20. The Labute approximate surface area is 132 Å². The molecule has 0 aromatic rings. The van der Waals surface area contributed by atoms with Gasteiger partial charge in [0.15, 0.2) is 0 Å². The van der Waals surface area contributed by atoms with E-state index >= 15 is 0 Å². The summed E-state index contributed by atoms with van der Waals surface area (Å²) in [4.78, 5) is 2.36. The van der Waals surface area contributed by atoms with E-state index in [2.05, 4.69) is 51.9 Å². The van der Waals surface area contributed by atoms with Gasteiger partial charge in [0.25, 0.3) is 0 Å². The van der Waals surface area contributed by atoms with E-state index in [1.165, 1.54) is 6.42 Å². The number of rotatable bonds is 13. The number of unbranched alkanes of at least 4 members (excludes halogenated alkanes) is 1. The molecule has 0 aromatic carbocycles. The molecular weight excluding hydrogens is 264 g/mol. The zero-order chi connectivity index (χ0) is 16.3. The minimum absolute atomic E-state index is 0.228. The second kappa shape index (κ2) is 12.4. The fourth-order valence-corrected chi connectivity index (χ4v) is 2.20. The van der Waals surface area contributed by atoms with E-state index in [0.29, 0.717) is 25.1 Å². The summed E-state index contributed by atoms with van der Waals surface area (Å²) in [5.41, 5.74) is 0. The van der Waals surface area contributed by atoms with E-state index in [0.717, 1.165) is 25.9 Å². The van der Waals surface area contributed by atoms with Gasteiger partial charge in [0.1, 0.15) is 0 Å². The van der Waals surface area contributed by atoms with Crippen LogP contribution in [0.3, 0.4) is 0 Å². The molecule has 0 spiro atoms. The first-order valence-corrected chi connectivity index (χ1v) is 8.53. The summed E-state index contributed by atoms with van der Waals surface area (Å²) in [6.07, 6.45) is 3.21. The monoisotopic (exact) mass is 302 g/mol. The average Bonchev–Trinajstić information content (AvgIpc) is 2.39. The van der Waals surface area contributed by atoms with E-state index in [1.807, 2.05) is 0 Å². The molecule has 0 aliphatic heterocycles. The molecule has 0 amide bonds. The molecule has 21 heavy (non-hydrogen) atoms. The molecule has 128 valence electrons. The van der Waals surface area contributed by atoms with Crippen LogP contribution in [0.2, 0.25) is 0 Å². The maximum atomic E-state index is 9.85. The molecule has 4 nitrogen and oxygen atoms in total. The highest BCUT2D eigenvalue weighted by molar-refractivity contribution is 4.62. The Morgan fingerprint density at radius 3 is 2.33 bits per heavy atom. The number of nitrogens with zero attached hydrogens (tertiary/aromatic N) is 1. The second-order valence-electron chi connectivity index (χ2n) is 6.91. The van der Waals surface area contributed by atoms with Crippen molar-refractivity contribution in [1.82, 2.24) is 10.2 Å². The van der Waals surface area contributed by atoms with Gasteiger partial charge in [0.05, 0.1) is 18.8 Å². The standard InChI is InChI=1S/C17H38N2O2/c1-14(2)11-16(5)21-13-17(20)12-18-9-7-8-10-19(6)15(3)4/h14-18,20H,7-13H2,1-6H3. The largest absolute Gasteiger partial charge is 0.389 e. The van der Waals surface area contributed by atoms with Crippen LogP contribution in [0.25, 0.3) is 0 Å². The molecule has 0 aliphatic carbocycles. The first-order valence-electron chi connectivity index (χ1n) is 8.53. The lowest BCUT2D eigenvalue weighted by atomic mass is 10.1. The van der Waals surface area contributed by atoms with Crippen LogP contribution in [0.1, 0.15) is 53.9 Å². The van der Waals surface area contributed by atoms with E-state index in [4.69, 9.17) is 4.74 Å². The zero-order valence-corrected chi connectivity index (χ0v) is 15.1. The van der Waals surface area contributed by atoms with Gasteiger partial charge in [0.2, 0.25) is 0 Å². The van der Waals surface area contributed by atoms with Gasteiger partial charge in [0, 0.05) is 12.6 Å². The van der Waals surface area contributed by atoms with Crippen LogP contribution in [-0.4, -0.2) is 61.5 Å². The van der Waals surface area contributed by atoms with Crippen LogP contribution >= 0.6 is 0 Å². The first kappa shape index (κ1) is 20.8. The number of nitrogens with one attached hydrogen (secondary N) is 1. The zero-order valence-electron chi connectivity index (χ0n) is 15.1. The third-order valence-corrected chi connectivity index (χ3v) is 3.75. The molecule has 4 heteroatoms. The second-order valence-corrected chi connectivity index (χ2v) is 6.91. The Balaban J connectivity index is 3.43. The normalized spacial score (nSPS) is 15.1. The predicted molar refractivity (Wildman–Crippen MR) is 90.7 cm³/mol. The van der Waals surface area contributed by atoms with Crippen LogP contribution in [0.5, 0.6) is 0 Å². The van der Waals surface area contributed by atoms with Gasteiger partial charge in [-0.05, 0) is 66.1 Å². The third-order valence-electron chi connectivity index (χ3n) is 3.75. The Morgan fingerprint density at radius 1 is 1.10 bits per heavy atom. The SMILES string of the molecule is CC(C)CC(C)OCC(O)CNCCCCN(C)C(C)C. The van der Waals surface area contributed by atoms with Crippen molar-refractivity contribution in [3.05, 3.63) is 0 Å². The molecule has 0 saturated heterocycles. The van der Waals surface area contributed by atoms with Crippen LogP contribution in [0, 0.1) is 5.92 Å². The minimum atomic E-state index is -0.405. The van der Waals surface area contributed by atoms with E-state index < -0.39 is 6.10 Å². The van der Waals surface area contributed by atoms with Crippen molar-refractivity contribution >= 4 is 0 Å². The van der Waals surface area contributed by atoms with Gasteiger partial charge in [-0.1, -0.05) is 13.8 Å². The summed E-state index contributed by atoms with van der Waals surface area (Å²) < 4.78 is 5.65. The summed E-state index contributed by atoms with van der Waals surface area (Å²) in [5.74, 6) is 0.638. The Morgan fingerprint density at radius 2 is 1.76 bits per heavy atom. The number of hydrogen-bond acceptors (Lipinski definition) is 4. The summed E-state index contributed by atoms with van der Waals surface area (Å²) in [5, 5.41) is 13.2. The van der Waals surface area contributed by atoms with Gasteiger partial charge in [-0.25, -0.2) is 0 Å². The number of aliphatic hydroxyl groups excluding tert-OH is 1. The maximum Gasteiger partial charge on any atom is 0.0897 e. The van der Waals surface area contributed by atoms with Crippen LogP contribution in [-0.2, 0) is 4.74 Å². The number of ether oxygens (including phenoxy) is 1. The third kappa shape index (κ3) is 13.2. The molecule has 0 radical (unpaired) electrons. The van der Waals surface area contributed by atoms with Gasteiger partial charge >= 0.3 is 0 Å². The van der Waals surface area contributed by atoms with Crippen LogP contribution < -0.4 is 5.32 Å². The van der Waals surface area contributed by atoms with Crippen LogP contribution in [0.4, 0.5) is 0 Å². The lowest BCUT2D eigenvalue weighted by molar-refractivity contribution is -0.00844. The van der Waals surface area contributed by atoms with Crippen molar-refractivity contribution in [2.75, 3.05) is 33.3 Å². The minimum Gasteiger partial charge on any atom is -0.389 e. The lowest BCUT2D eigenvalue weighted by Crippen LogP contribution is -2.33. The summed E-state index contributed by atoms with van der Waals surface area (Å²) in [6, 6.07) is 0.616. The molecule has 2 N–H and O–H groups in total.